The second kappa shape index (κ2) is 6.97. The summed E-state index contributed by atoms with van der Waals surface area (Å²) in [4.78, 5) is 0. The molecule has 0 bridgehead atoms. The zero-order valence-corrected chi connectivity index (χ0v) is 15.8. The highest BCUT2D eigenvalue weighted by Gasteiger charge is 2.22. The van der Waals surface area contributed by atoms with Gasteiger partial charge in [0.2, 0.25) is 0 Å². The van der Waals surface area contributed by atoms with Crippen molar-refractivity contribution >= 4 is 28.5 Å². The smallest absolute Gasteiger partial charge is 0.119 e. The van der Waals surface area contributed by atoms with Gasteiger partial charge in [-0.25, -0.2) is 0 Å². The number of methoxy groups -OCH3 is 1. The van der Waals surface area contributed by atoms with Gasteiger partial charge in [-0.2, -0.15) is 5.26 Å². The topological polar surface area (TPSA) is 50.0 Å². The van der Waals surface area contributed by atoms with E-state index >= 15 is 0 Å². The van der Waals surface area contributed by atoms with E-state index in [2.05, 4.69) is 46.5 Å². The molecule has 2 aromatic carbocycles. The Morgan fingerprint density at radius 2 is 2.00 bits per heavy atom. The lowest BCUT2D eigenvalue weighted by Crippen LogP contribution is -1.98. The summed E-state index contributed by atoms with van der Waals surface area (Å²) >= 11 is 1.80. The molecule has 1 aliphatic carbocycles. The van der Waals surface area contributed by atoms with Crippen molar-refractivity contribution in [3.63, 3.8) is 0 Å². The highest BCUT2D eigenvalue weighted by atomic mass is 32.2. The van der Waals surface area contributed by atoms with Gasteiger partial charge in [-0.1, -0.05) is 12.1 Å². The summed E-state index contributed by atoms with van der Waals surface area (Å²) < 4.78 is 11.0. The molecular weight excluding hydrogens is 342 g/mol. The first-order valence-electron chi connectivity index (χ1n) is 8.87. The Kier molecular flexibility index (Phi) is 4.52. The van der Waals surface area contributed by atoms with Crippen LogP contribution in [0.25, 0.3) is 22.2 Å². The number of fused-ring (bicyclic) bond motifs is 1. The van der Waals surface area contributed by atoms with Crippen LogP contribution in [0.15, 0.2) is 42.5 Å². The van der Waals surface area contributed by atoms with Gasteiger partial charge in [0.25, 0.3) is 0 Å². The van der Waals surface area contributed by atoms with Crippen molar-refractivity contribution in [2.24, 2.45) is 0 Å². The molecule has 4 rings (SSSR count). The summed E-state index contributed by atoms with van der Waals surface area (Å²) in [7, 11) is 1.65. The van der Waals surface area contributed by atoms with Crippen molar-refractivity contribution < 1.29 is 4.74 Å². The third-order valence-electron chi connectivity index (χ3n) is 4.72. The first kappa shape index (κ1) is 16.9. The van der Waals surface area contributed by atoms with Crippen LogP contribution in [0, 0.1) is 11.3 Å². The fourth-order valence-electron chi connectivity index (χ4n) is 3.24. The SMILES string of the molecule is CCn1c(-c2ccc(NSC3CC3)cc2)c(C#N)c2cc(OC)ccc21. The van der Waals surface area contributed by atoms with Crippen molar-refractivity contribution in [3.8, 4) is 23.1 Å². The van der Waals surface area contributed by atoms with E-state index in [1.54, 1.807) is 19.1 Å². The highest BCUT2D eigenvalue weighted by molar-refractivity contribution is 8.01. The molecule has 0 amide bonds. The number of rotatable bonds is 6. The first-order valence-corrected chi connectivity index (χ1v) is 9.75. The normalized spacial score (nSPS) is 13.6. The predicted molar refractivity (Wildman–Crippen MR) is 109 cm³/mol. The summed E-state index contributed by atoms with van der Waals surface area (Å²) in [5, 5.41) is 11.5. The standard InChI is InChI=1S/C21H21N3OS/c1-3-24-20-11-8-16(25-2)12-18(20)19(13-22)21(24)14-4-6-15(7-5-14)23-26-17-9-10-17/h4-8,11-12,17,23H,3,9-10H2,1-2H3. The van der Waals surface area contributed by atoms with Crippen molar-refractivity contribution in [1.29, 1.82) is 5.26 Å². The van der Waals surface area contributed by atoms with E-state index in [0.29, 0.717) is 5.56 Å². The third-order valence-corrected chi connectivity index (χ3v) is 5.88. The number of nitrogens with one attached hydrogen (secondary N) is 1. The average molecular weight is 363 g/mol. The lowest BCUT2D eigenvalue weighted by molar-refractivity contribution is 0.415. The van der Waals surface area contributed by atoms with E-state index < -0.39 is 0 Å². The van der Waals surface area contributed by atoms with Crippen LogP contribution in [-0.2, 0) is 6.54 Å². The maximum atomic E-state index is 9.84. The second-order valence-electron chi connectivity index (χ2n) is 6.46. The van der Waals surface area contributed by atoms with Gasteiger partial charge < -0.3 is 14.0 Å². The predicted octanol–water partition coefficient (Wildman–Crippen LogP) is 5.43. The molecule has 26 heavy (non-hydrogen) atoms. The van der Waals surface area contributed by atoms with E-state index in [9.17, 15) is 5.26 Å². The van der Waals surface area contributed by atoms with Crippen molar-refractivity contribution in [2.75, 3.05) is 11.8 Å². The molecule has 0 aliphatic heterocycles. The Balaban J connectivity index is 1.78. The summed E-state index contributed by atoms with van der Waals surface area (Å²) in [5.41, 5.74) is 4.89. The van der Waals surface area contributed by atoms with Crippen LogP contribution in [0.1, 0.15) is 25.3 Å². The van der Waals surface area contributed by atoms with Crippen LogP contribution in [0.2, 0.25) is 0 Å². The molecule has 0 unspecified atom stereocenters. The maximum Gasteiger partial charge on any atom is 0.119 e. The zero-order chi connectivity index (χ0) is 18.1. The van der Waals surface area contributed by atoms with Gasteiger partial charge in [-0.3, -0.25) is 0 Å². The van der Waals surface area contributed by atoms with Crippen LogP contribution in [-0.4, -0.2) is 16.9 Å². The minimum absolute atomic E-state index is 0.703. The molecule has 3 aromatic rings. The summed E-state index contributed by atoms with van der Waals surface area (Å²) in [5.74, 6) is 0.769. The first-order chi connectivity index (χ1) is 12.7. The monoisotopic (exact) mass is 363 g/mol. The highest BCUT2D eigenvalue weighted by Crippen LogP contribution is 2.37. The summed E-state index contributed by atoms with van der Waals surface area (Å²) in [6.45, 7) is 2.91. The Morgan fingerprint density at radius 3 is 2.62 bits per heavy atom. The number of aromatic nitrogens is 1. The van der Waals surface area contributed by atoms with Crippen LogP contribution in [0.5, 0.6) is 5.75 Å². The molecule has 0 radical (unpaired) electrons. The molecular formula is C21H21N3OS. The van der Waals surface area contributed by atoms with Gasteiger partial charge in [0.15, 0.2) is 0 Å². The molecule has 132 valence electrons. The van der Waals surface area contributed by atoms with E-state index in [1.165, 1.54) is 12.8 Å². The fraction of sp³-hybridized carbons (Fsp3) is 0.286. The van der Waals surface area contributed by atoms with Gasteiger partial charge in [0.1, 0.15) is 11.8 Å². The lowest BCUT2D eigenvalue weighted by atomic mass is 10.1. The third kappa shape index (κ3) is 3.02. The number of benzene rings is 2. The largest absolute Gasteiger partial charge is 0.497 e. The van der Waals surface area contributed by atoms with Crippen molar-refractivity contribution in [1.82, 2.24) is 4.57 Å². The average Bonchev–Trinajstić information content (AvgIpc) is 3.46. The van der Waals surface area contributed by atoms with E-state index in [-0.39, 0.29) is 0 Å². The Morgan fingerprint density at radius 1 is 1.23 bits per heavy atom. The van der Waals surface area contributed by atoms with Crippen LogP contribution in [0.3, 0.4) is 0 Å². The van der Waals surface area contributed by atoms with Gasteiger partial charge in [-0.15, -0.1) is 0 Å². The summed E-state index contributed by atoms with van der Waals surface area (Å²) in [6, 6.07) is 16.7. The fourth-order valence-corrected chi connectivity index (χ4v) is 4.05. The molecule has 1 saturated carbocycles. The molecule has 1 N–H and O–H groups in total. The minimum atomic E-state index is 0.703. The van der Waals surface area contributed by atoms with Gasteiger partial charge in [0.05, 0.1) is 23.9 Å². The van der Waals surface area contributed by atoms with Crippen molar-refractivity contribution in [3.05, 3.63) is 48.0 Å². The molecule has 1 heterocycles. The molecule has 0 spiro atoms. The van der Waals surface area contributed by atoms with Gasteiger partial charge >= 0.3 is 0 Å². The molecule has 0 atom stereocenters. The lowest BCUT2D eigenvalue weighted by Gasteiger charge is -2.10. The van der Waals surface area contributed by atoms with E-state index in [1.807, 2.05) is 18.2 Å². The molecule has 1 aliphatic rings. The van der Waals surface area contributed by atoms with Gasteiger partial charge in [0, 0.05) is 22.9 Å². The molecule has 5 heteroatoms. The number of anilines is 1. The molecule has 1 fully saturated rings. The Hall–Kier alpha value is -2.58. The molecule has 4 nitrogen and oxygen atoms in total. The van der Waals surface area contributed by atoms with E-state index in [0.717, 1.165) is 45.4 Å². The zero-order valence-electron chi connectivity index (χ0n) is 15.0. The number of aryl methyl sites for hydroxylation is 1. The number of nitriles is 1. The van der Waals surface area contributed by atoms with Crippen LogP contribution < -0.4 is 9.46 Å². The van der Waals surface area contributed by atoms with E-state index in [4.69, 9.17) is 4.74 Å². The van der Waals surface area contributed by atoms with Crippen LogP contribution in [0.4, 0.5) is 5.69 Å². The summed E-state index contributed by atoms with van der Waals surface area (Å²) in [6.07, 6.45) is 2.61. The number of nitrogens with zero attached hydrogens (tertiary/aromatic N) is 2. The minimum Gasteiger partial charge on any atom is -0.497 e. The van der Waals surface area contributed by atoms with Gasteiger partial charge in [-0.05, 0) is 67.6 Å². The Bertz CT molecular complexity index is 981. The molecule has 0 saturated heterocycles. The Labute approximate surface area is 157 Å². The quantitative estimate of drug-likeness (QED) is 0.593. The number of hydrogen-bond donors (Lipinski definition) is 1. The van der Waals surface area contributed by atoms with Crippen LogP contribution >= 0.6 is 11.9 Å². The van der Waals surface area contributed by atoms with Crippen molar-refractivity contribution in [2.45, 2.75) is 31.6 Å². The number of hydrogen-bond acceptors (Lipinski definition) is 4. The number of ether oxygens (including phenoxy) is 1. The second-order valence-corrected chi connectivity index (χ2v) is 7.57. The maximum absolute atomic E-state index is 9.84. The molecule has 1 aromatic heterocycles.